The second kappa shape index (κ2) is 4.70. The van der Waals surface area contributed by atoms with Crippen LogP contribution in [0.15, 0.2) is 54.7 Å². The number of rotatable bonds is 2. The standard InChI is InChI=1S/C18H15N3/c1-2-12-8-9-15-16(11-12)21-18(20-15)14-7-3-5-13-6-4-10-19-17(13)14/h3-11H,2H2,1H3,(H,20,21). The first-order chi connectivity index (χ1) is 10.3. The topological polar surface area (TPSA) is 41.6 Å². The van der Waals surface area contributed by atoms with Crippen LogP contribution in [-0.4, -0.2) is 15.0 Å². The molecule has 0 aliphatic carbocycles. The summed E-state index contributed by atoms with van der Waals surface area (Å²) < 4.78 is 0. The van der Waals surface area contributed by atoms with Gasteiger partial charge >= 0.3 is 0 Å². The summed E-state index contributed by atoms with van der Waals surface area (Å²) in [5.74, 6) is 0.877. The molecule has 0 amide bonds. The van der Waals surface area contributed by atoms with Crippen molar-refractivity contribution in [2.45, 2.75) is 13.3 Å². The molecule has 2 heterocycles. The number of H-pyrrole nitrogens is 1. The van der Waals surface area contributed by atoms with Crippen molar-refractivity contribution in [2.75, 3.05) is 0 Å². The number of aromatic amines is 1. The first kappa shape index (κ1) is 12.1. The van der Waals surface area contributed by atoms with Gasteiger partial charge in [-0.2, -0.15) is 0 Å². The molecule has 2 aromatic heterocycles. The molecule has 0 saturated carbocycles. The quantitative estimate of drug-likeness (QED) is 0.590. The Morgan fingerprint density at radius 3 is 2.86 bits per heavy atom. The molecule has 0 fully saturated rings. The van der Waals surface area contributed by atoms with Crippen LogP contribution in [0.1, 0.15) is 12.5 Å². The van der Waals surface area contributed by atoms with Crippen LogP contribution in [0.3, 0.4) is 0 Å². The van der Waals surface area contributed by atoms with E-state index in [0.717, 1.165) is 39.7 Å². The monoisotopic (exact) mass is 273 g/mol. The van der Waals surface area contributed by atoms with Crippen molar-refractivity contribution in [1.82, 2.24) is 15.0 Å². The van der Waals surface area contributed by atoms with Gasteiger partial charge in [0.15, 0.2) is 0 Å². The fourth-order valence-electron chi connectivity index (χ4n) is 2.70. The van der Waals surface area contributed by atoms with Crippen molar-refractivity contribution < 1.29 is 0 Å². The third-order valence-corrected chi connectivity index (χ3v) is 3.84. The number of hydrogen-bond donors (Lipinski definition) is 1. The van der Waals surface area contributed by atoms with Crippen LogP contribution < -0.4 is 0 Å². The van der Waals surface area contributed by atoms with Crippen LogP contribution >= 0.6 is 0 Å². The summed E-state index contributed by atoms with van der Waals surface area (Å²) in [5.41, 5.74) is 5.42. The summed E-state index contributed by atoms with van der Waals surface area (Å²) in [4.78, 5) is 12.6. The van der Waals surface area contributed by atoms with Crippen LogP contribution in [0.25, 0.3) is 33.3 Å². The molecule has 4 aromatic rings. The number of hydrogen-bond acceptors (Lipinski definition) is 2. The number of nitrogens with zero attached hydrogens (tertiary/aromatic N) is 2. The highest BCUT2D eigenvalue weighted by molar-refractivity contribution is 5.93. The zero-order valence-electron chi connectivity index (χ0n) is 11.8. The maximum atomic E-state index is 4.71. The average Bonchev–Trinajstić information content (AvgIpc) is 2.97. The molecule has 21 heavy (non-hydrogen) atoms. The molecule has 3 nitrogen and oxygen atoms in total. The van der Waals surface area contributed by atoms with Crippen LogP contribution in [0.2, 0.25) is 0 Å². The molecule has 0 bridgehead atoms. The summed E-state index contributed by atoms with van der Waals surface area (Å²) >= 11 is 0. The Hall–Kier alpha value is -2.68. The zero-order chi connectivity index (χ0) is 14.2. The van der Waals surface area contributed by atoms with Gasteiger partial charge in [-0.25, -0.2) is 4.98 Å². The Labute approximate surface area is 122 Å². The van der Waals surface area contributed by atoms with Crippen LogP contribution in [0.5, 0.6) is 0 Å². The molecule has 0 aliphatic rings. The van der Waals surface area contributed by atoms with E-state index in [1.807, 2.05) is 18.3 Å². The predicted octanol–water partition coefficient (Wildman–Crippen LogP) is 4.34. The number of imidazole rings is 1. The lowest BCUT2D eigenvalue weighted by atomic mass is 10.1. The number of aromatic nitrogens is 3. The minimum Gasteiger partial charge on any atom is -0.338 e. The third-order valence-electron chi connectivity index (χ3n) is 3.84. The Morgan fingerprint density at radius 2 is 1.95 bits per heavy atom. The lowest BCUT2D eigenvalue weighted by molar-refractivity contribution is 1.14. The van der Waals surface area contributed by atoms with Crippen molar-refractivity contribution in [3.63, 3.8) is 0 Å². The molecule has 4 rings (SSSR count). The highest BCUT2D eigenvalue weighted by Gasteiger charge is 2.09. The molecule has 0 saturated heterocycles. The third kappa shape index (κ3) is 1.98. The summed E-state index contributed by atoms with van der Waals surface area (Å²) in [6, 6.07) is 16.6. The molecule has 0 unspecified atom stereocenters. The molecular formula is C18H15N3. The van der Waals surface area contributed by atoms with E-state index < -0.39 is 0 Å². The largest absolute Gasteiger partial charge is 0.338 e. The minimum absolute atomic E-state index is 0.877. The second-order valence-electron chi connectivity index (χ2n) is 5.17. The predicted molar refractivity (Wildman–Crippen MR) is 86.2 cm³/mol. The van der Waals surface area contributed by atoms with Crippen molar-refractivity contribution in [1.29, 1.82) is 0 Å². The Morgan fingerprint density at radius 1 is 1.05 bits per heavy atom. The molecule has 3 heteroatoms. The maximum absolute atomic E-state index is 4.71. The van der Waals surface area contributed by atoms with Crippen molar-refractivity contribution >= 4 is 21.9 Å². The number of pyridine rings is 1. The summed E-state index contributed by atoms with van der Waals surface area (Å²) in [7, 11) is 0. The molecule has 102 valence electrons. The molecule has 2 aromatic carbocycles. The average molecular weight is 273 g/mol. The Balaban J connectivity index is 1.96. The van der Waals surface area contributed by atoms with Gasteiger partial charge in [0, 0.05) is 17.1 Å². The Kier molecular flexibility index (Phi) is 2.71. The van der Waals surface area contributed by atoms with Crippen molar-refractivity contribution in [3.05, 3.63) is 60.3 Å². The molecular weight excluding hydrogens is 258 g/mol. The molecule has 1 N–H and O–H groups in total. The fourth-order valence-corrected chi connectivity index (χ4v) is 2.70. The van der Waals surface area contributed by atoms with E-state index >= 15 is 0 Å². The van der Waals surface area contributed by atoms with Gasteiger partial charge in [-0.05, 0) is 36.2 Å². The van der Waals surface area contributed by atoms with Gasteiger partial charge in [-0.3, -0.25) is 4.98 Å². The van der Waals surface area contributed by atoms with E-state index in [4.69, 9.17) is 4.98 Å². The highest BCUT2D eigenvalue weighted by atomic mass is 14.9. The zero-order valence-corrected chi connectivity index (χ0v) is 11.8. The van der Waals surface area contributed by atoms with Crippen molar-refractivity contribution in [3.8, 4) is 11.4 Å². The van der Waals surface area contributed by atoms with E-state index in [9.17, 15) is 0 Å². The fraction of sp³-hybridized carbons (Fsp3) is 0.111. The van der Waals surface area contributed by atoms with Gasteiger partial charge < -0.3 is 4.98 Å². The van der Waals surface area contributed by atoms with E-state index in [-0.39, 0.29) is 0 Å². The molecule has 0 atom stereocenters. The van der Waals surface area contributed by atoms with Crippen LogP contribution in [0, 0.1) is 0 Å². The van der Waals surface area contributed by atoms with E-state index in [1.54, 1.807) is 0 Å². The minimum atomic E-state index is 0.877. The number of nitrogens with one attached hydrogen (secondary N) is 1. The smallest absolute Gasteiger partial charge is 0.140 e. The normalized spacial score (nSPS) is 11.3. The number of benzene rings is 2. The maximum Gasteiger partial charge on any atom is 0.140 e. The van der Waals surface area contributed by atoms with Gasteiger partial charge in [0.25, 0.3) is 0 Å². The van der Waals surface area contributed by atoms with E-state index in [0.29, 0.717) is 0 Å². The summed E-state index contributed by atoms with van der Waals surface area (Å²) in [6.45, 7) is 2.16. The number of para-hydroxylation sites is 1. The van der Waals surface area contributed by atoms with E-state index in [2.05, 4.69) is 53.3 Å². The number of fused-ring (bicyclic) bond motifs is 2. The summed E-state index contributed by atoms with van der Waals surface area (Å²) in [6.07, 6.45) is 2.85. The number of aryl methyl sites for hydroxylation is 1. The van der Waals surface area contributed by atoms with Crippen LogP contribution in [-0.2, 0) is 6.42 Å². The van der Waals surface area contributed by atoms with Crippen LogP contribution in [0.4, 0.5) is 0 Å². The Bertz CT molecular complexity index is 932. The highest BCUT2D eigenvalue weighted by Crippen LogP contribution is 2.27. The van der Waals surface area contributed by atoms with Gasteiger partial charge in [0.2, 0.25) is 0 Å². The lowest BCUT2D eigenvalue weighted by Crippen LogP contribution is -1.85. The van der Waals surface area contributed by atoms with Crippen molar-refractivity contribution in [2.24, 2.45) is 0 Å². The van der Waals surface area contributed by atoms with E-state index in [1.165, 1.54) is 5.56 Å². The second-order valence-corrected chi connectivity index (χ2v) is 5.17. The van der Waals surface area contributed by atoms with Gasteiger partial charge in [-0.1, -0.05) is 31.2 Å². The SMILES string of the molecule is CCc1ccc2nc(-c3cccc4cccnc34)[nH]c2c1. The van der Waals surface area contributed by atoms with Gasteiger partial charge in [0.1, 0.15) is 5.82 Å². The first-order valence-corrected chi connectivity index (χ1v) is 7.18. The molecule has 0 radical (unpaired) electrons. The summed E-state index contributed by atoms with van der Waals surface area (Å²) in [5, 5.41) is 1.13. The first-order valence-electron chi connectivity index (χ1n) is 7.18. The van der Waals surface area contributed by atoms with Gasteiger partial charge in [-0.15, -0.1) is 0 Å². The van der Waals surface area contributed by atoms with Gasteiger partial charge in [0.05, 0.1) is 16.6 Å². The molecule has 0 spiro atoms. The molecule has 0 aliphatic heterocycles. The lowest BCUT2D eigenvalue weighted by Gasteiger charge is -2.02.